The number of piperazine rings is 1. The van der Waals surface area contributed by atoms with Crippen LogP contribution in [0, 0.1) is 0 Å². The molecule has 7 heteroatoms. The first kappa shape index (κ1) is 20.4. The van der Waals surface area contributed by atoms with E-state index in [1.54, 1.807) is 7.11 Å². The Morgan fingerprint density at radius 2 is 2.00 bits per heavy atom. The molecule has 0 aromatic heterocycles. The van der Waals surface area contributed by atoms with Crippen molar-refractivity contribution >= 4 is 17.6 Å². The Hall–Kier alpha value is -1.34. The van der Waals surface area contributed by atoms with Gasteiger partial charge in [-0.25, -0.2) is 0 Å². The summed E-state index contributed by atoms with van der Waals surface area (Å²) in [6.07, 6.45) is 1.84. The van der Waals surface area contributed by atoms with Crippen LogP contribution in [0.3, 0.4) is 0 Å². The molecule has 0 aliphatic carbocycles. The van der Waals surface area contributed by atoms with Gasteiger partial charge in [0.15, 0.2) is 5.96 Å². The molecule has 1 aromatic carbocycles. The van der Waals surface area contributed by atoms with Gasteiger partial charge >= 0.3 is 0 Å². The average Bonchev–Trinajstić information content (AvgIpc) is 2.70. The predicted molar refractivity (Wildman–Crippen MR) is 109 cm³/mol. The van der Waals surface area contributed by atoms with E-state index in [1.165, 1.54) is 5.56 Å². The van der Waals surface area contributed by atoms with Crippen LogP contribution >= 0.6 is 11.6 Å². The van der Waals surface area contributed by atoms with E-state index >= 15 is 0 Å². The fourth-order valence-corrected chi connectivity index (χ4v) is 3.99. The van der Waals surface area contributed by atoms with Gasteiger partial charge < -0.3 is 19.7 Å². The Labute approximate surface area is 167 Å². The molecule has 3 rings (SSSR count). The van der Waals surface area contributed by atoms with Crippen LogP contribution in [0.2, 0.25) is 5.02 Å². The highest BCUT2D eigenvalue weighted by atomic mass is 35.5. The lowest BCUT2D eigenvalue weighted by atomic mass is 9.94. The molecule has 2 heterocycles. The summed E-state index contributed by atoms with van der Waals surface area (Å²) < 4.78 is 11.3. The molecule has 2 fully saturated rings. The van der Waals surface area contributed by atoms with Crippen LogP contribution in [-0.2, 0) is 16.0 Å². The standard InChI is InChI=1S/C20H31ClN4O2/c1-22-19(23-16-20(26-2)6-12-27-13-7-20)25-10-8-24(9-11-25)15-17-4-3-5-18(21)14-17/h3-5,14H,6-13,15-16H2,1-2H3,(H,22,23). The van der Waals surface area contributed by atoms with Crippen molar-refractivity contribution < 1.29 is 9.47 Å². The van der Waals surface area contributed by atoms with Crippen molar-refractivity contribution in [3.63, 3.8) is 0 Å². The predicted octanol–water partition coefficient (Wildman–Crippen LogP) is 2.23. The summed E-state index contributed by atoms with van der Waals surface area (Å²) in [4.78, 5) is 9.28. The van der Waals surface area contributed by atoms with Gasteiger partial charge in [0.05, 0.1) is 5.60 Å². The molecule has 1 N–H and O–H groups in total. The molecule has 0 amide bonds. The number of ether oxygens (including phenoxy) is 2. The van der Waals surface area contributed by atoms with Gasteiger partial charge in [-0.2, -0.15) is 0 Å². The molecule has 1 aromatic rings. The summed E-state index contributed by atoms with van der Waals surface area (Å²) in [6.45, 7) is 7.17. The van der Waals surface area contributed by atoms with Crippen LogP contribution in [0.15, 0.2) is 29.3 Å². The van der Waals surface area contributed by atoms with Gasteiger partial charge in [-0.05, 0) is 17.7 Å². The quantitative estimate of drug-likeness (QED) is 0.613. The van der Waals surface area contributed by atoms with Gasteiger partial charge in [0.1, 0.15) is 0 Å². The molecule has 0 spiro atoms. The molecular weight excluding hydrogens is 364 g/mol. The number of guanidine groups is 1. The first-order valence-electron chi connectivity index (χ1n) is 9.69. The highest BCUT2D eigenvalue weighted by molar-refractivity contribution is 6.30. The highest BCUT2D eigenvalue weighted by Gasteiger charge is 2.33. The van der Waals surface area contributed by atoms with Gasteiger partial charge in [-0.3, -0.25) is 9.89 Å². The lowest BCUT2D eigenvalue weighted by Gasteiger charge is -2.39. The van der Waals surface area contributed by atoms with Crippen LogP contribution in [0.4, 0.5) is 0 Å². The Bertz CT molecular complexity index is 626. The second kappa shape index (κ2) is 9.73. The molecule has 2 aliphatic rings. The third kappa shape index (κ3) is 5.57. The molecule has 150 valence electrons. The molecule has 6 nitrogen and oxygen atoms in total. The molecule has 27 heavy (non-hydrogen) atoms. The minimum absolute atomic E-state index is 0.150. The van der Waals surface area contributed by atoms with Crippen LogP contribution in [0.25, 0.3) is 0 Å². The van der Waals surface area contributed by atoms with Gasteiger partial charge in [-0.1, -0.05) is 23.7 Å². The van der Waals surface area contributed by atoms with Crippen molar-refractivity contribution in [2.45, 2.75) is 25.0 Å². The first-order chi connectivity index (χ1) is 13.1. The number of nitrogens with zero attached hydrogens (tertiary/aromatic N) is 3. The van der Waals surface area contributed by atoms with Crippen molar-refractivity contribution in [3.05, 3.63) is 34.9 Å². The van der Waals surface area contributed by atoms with E-state index in [4.69, 9.17) is 21.1 Å². The van der Waals surface area contributed by atoms with Crippen molar-refractivity contribution in [1.29, 1.82) is 0 Å². The molecule has 0 unspecified atom stereocenters. The maximum atomic E-state index is 6.10. The normalized spacial score (nSPS) is 21.3. The van der Waals surface area contributed by atoms with Gasteiger partial charge in [0.25, 0.3) is 0 Å². The minimum atomic E-state index is -0.150. The lowest BCUT2D eigenvalue weighted by Crippen LogP contribution is -2.55. The Morgan fingerprint density at radius 1 is 1.26 bits per heavy atom. The first-order valence-corrected chi connectivity index (χ1v) is 10.1. The third-order valence-corrected chi connectivity index (χ3v) is 5.82. The van der Waals surface area contributed by atoms with Crippen molar-refractivity contribution in [3.8, 4) is 0 Å². The topological polar surface area (TPSA) is 49.3 Å². The summed E-state index contributed by atoms with van der Waals surface area (Å²) in [5.74, 6) is 0.959. The number of rotatable bonds is 5. The summed E-state index contributed by atoms with van der Waals surface area (Å²) in [5, 5.41) is 4.33. The summed E-state index contributed by atoms with van der Waals surface area (Å²) in [7, 11) is 3.65. The summed E-state index contributed by atoms with van der Waals surface area (Å²) in [5.41, 5.74) is 1.11. The summed E-state index contributed by atoms with van der Waals surface area (Å²) in [6, 6.07) is 8.12. The zero-order valence-corrected chi connectivity index (χ0v) is 17.2. The van der Waals surface area contributed by atoms with Crippen molar-refractivity contribution in [2.75, 3.05) is 60.1 Å². The van der Waals surface area contributed by atoms with Crippen molar-refractivity contribution in [1.82, 2.24) is 15.1 Å². The molecule has 0 radical (unpaired) electrons. The monoisotopic (exact) mass is 394 g/mol. The maximum absolute atomic E-state index is 6.10. The Balaban J connectivity index is 1.48. The second-order valence-corrected chi connectivity index (χ2v) is 7.73. The fraction of sp³-hybridized carbons (Fsp3) is 0.650. The third-order valence-electron chi connectivity index (χ3n) is 5.58. The number of benzene rings is 1. The van der Waals surface area contributed by atoms with Gasteiger partial charge in [0, 0.05) is 84.5 Å². The molecule has 0 atom stereocenters. The lowest BCUT2D eigenvalue weighted by molar-refractivity contribution is -0.0858. The van der Waals surface area contributed by atoms with Gasteiger partial charge in [-0.15, -0.1) is 0 Å². The Kier molecular flexibility index (Phi) is 7.35. The van der Waals surface area contributed by atoms with Gasteiger partial charge in [0.2, 0.25) is 0 Å². The molecular formula is C20H31ClN4O2. The zero-order valence-electron chi connectivity index (χ0n) is 16.4. The van der Waals surface area contributed by atoms with Crippen molar-refractivity contribution in [2.24, 2.45) is 4.99 Å². The number of methoxy groups -OCH3 is 1. The molecule has 0 saturated carbocycles. The smallest absolute Gasteiger partial charge is 0.193 e. The van der Waals surface area contributed by atoms with Crippen LogP contribution < -0.4 is 5.32 Å². The van der Waals surface area contributed by atoms with E-state index in [1.807, 2.05) is 25.2 Å². The number of halogens is 1. The number of nitrogens with one attached hydrogen (secondary N) is 1. The highest BCUT2D eigenvalue weighted by Crippen LogP contribution is 2.23. The minimum Gasteiger partial charge on any atom is -0.381 e. The summed E-state index contributed by atoms with van der Waals surface area (Å²) >= 11 is 6.10. The average molecular weight is 395 g/mol. The van der Waals surface area contributed by atoms with E-state index in [9.17, 15) is 0 Å². The Morgan fingerprint density at radius 3 is 2.63 bits per heavy atom. The fourth-order valence-electron chi connectivity index (χ4n) is 3.78. The van der Waals surface area contributed by atoms with Crippen LogP contribution in [0.5, 0.6) is 0 Å². The van der Waals surface area contributed by atoms with E-state index < -0.39 is 0 Å². The molecule has 2 aliphatic heterocycles. The zero-order chi connectivity index (χ0) is 19.1. The number of hydrogen-bond acceptors (Lipinski definition) is 4. The second-order valence-electron chi connectivity index (χ2n) is 7.29. The maximum Gasteiger partial charge on any atom is 0.193 e. The molecule has 0 bridgehead atoms. The number of aliphatic imine (C=N–C) groups is 1. The van der Waals surface area contributed by atoms with E-state index in [0.717, 1.165) is 76.3 Å². The largest absolute Gasteiger partial charge is 0.381 e. The van der Waals surface area contributed by atoms with Crippen LogP contribution in [0.1, 0.15) is 18.4 Å². The van der Waals surface area contributed by atoms with E-state index in [2.05, 4.69) is 26.2 Å². The van der Waals surface area contributed by atoms with E-state index in [0.29, 0.717) is 0 Å². The molecule has 2 saturated heterocycles. The van der Waals surface area contributed by atoms with Crippen LogP contribution in [-0.4, -0.2) is 81.5 Å². The van der Waals surface area contributed by atoms with E-state index in [-0.39, 0.29) is 5.60 Å². The number of hydrogen-bond donors (Lipinski definition) is 1. The SMILES string of the molecule is CN=C(NCC1(OC)CCOCC1)N1CCN(Cc2cccc(Cl)c2)CC1.